The summed E-state index contributed by atoms with van der Waals surface area (Å²) in [5, 5.41) is 16.9. The van der Waals surface area contributed by atoms with Crippen LogP contribution in [0, 0.1) is 27.7 Å². The Morgan fingerprint density at radius 3 is 1.18 bits per heavy atom. The molecule has 17 heteroatoms. The van der Waals surface area contributed by atoms with Gasteiger partial charge in [0, 0.05) is 64.3 Å². The van der Waals surface area contributed by atoms with Crippen LogP contribution in [0.25, 0.3) is 0 Å². The fraction of sp³-hybridized carbons (Fsp3) is 0.153. The molecular formula is C59H57N11O6. The second kappa shape index (κ2) is 25.8. The molecule has 0 aliphatic rings. The van der Waals surface area contributed by atoms with Crippen LogP contribution < -0.4 is 37.6 Å². The molecule has 2 aromatic heterocycles. The van der Waals surface area contributed by atoms with E-state index in [9.17, 15) is 28.8 Å². The molecule has 6 aromatic carbocycles. The molecular weight excluding hydrogens is 959 g/mol. The summed E-state index contributed by atoms with van der Waals surface area (Å²) in [6.45, 7) is 9.21. The molecule has 0 aliphatic carbocycles. The molecule has 0 unspecified atom stereocenters. The van der Waals surface area contributed by atoms with Crippen LogP contribution in [-0.2, 0) is 22.4 Å². The van der Waals surface area contributed by atoms with Crippen molar-refractivity contribution >= 4 is 69.6 Å². The van der Waals surface area contributed by atoms with Gasteiger partial charge in [-0.05, 0) is 123 Å². The number of aryl methyl sites for hydroxylation is 4. The van der Waals surface area contributed by atoms with Gasteiger partial charge in [0.15, 0.2) is 0 Å². The van der Waals surface area contributed by atoms with Gasteiger partial charge in [-0.2, -0.15) is 0 Å². The number of carbonyl (C=O) groups is 6. The van der Waals surface area contributed by atoms with Crippen LogP contribution in [0.15, 0.2) is 158 Å². The van der Waals surface area contributed by atoms with Crippen molar-refractivity contribution in [2.45, 2.75) is 53.9 Å². The number of hydrogen-bond donors (Lipinski definition) is 7. The summed E-state index contributed by atoms with van der Waals surface area (Å²) in [5.41, 5.74) is 16.0. The van der Waals surface area contributed by atoms with Crippen molar-refractivity contribution in [1.29, 1.82) is 0 Å². The minimum atomic E-state index is -0.339. The Kier molecular flexibility index (Phi) is 18.3. The van der Waals surface area contributed by atoms with Crippen molar-refractivity contribution in [1.82, 2.24) is 19.9 Å². The number of aromatic nitrogens is 4. The molecule has 0 atom stereocenters. The largest absolute Gasteiger partial charge is 0.326 e. The molecule has 0 bridgehead atoms. The quantitative estimate of drug-likeness (QED) is 0.0480. The number of nitrogens with zero attached hydrogens (tertiary/aromatic N) is 4. The Labute approximate surface area is 440 Å². The van der Waals surface area contributed by atoms with E-state index in [4.69, 9.17) is 5.73 Å². The molecule has 0 aliphatic heterocycles. The molecule has 0 saturated carbocycles. The van der Waals surface area contributed by atoms with Gasteiger partial charge in [-0.25, -0.2) is 19.9 Å². The van der Waals surface area contributed by atoms with Gasteiger partial charge in [-0.1, -0.05) is 78.7 Å². The zero-order valence-electron chi connectivity index (χ0n) is 42.7. The Morgan fingerprint density at radius 2 is 0.789 bits per heavy atom. The molecule has 0 fully saturated rings. The van der Waals surface area contributed by atoms with Gasteiger partial charge < -0.3 is 37.6 Å². The number of nitrogens with two attached hydrogens (primary N) is 1. The summed E-state index contributed by atoms with van der Waals surface area (Å²) < 4.78 is 0. The lowest BCUT2D eigenvalue weighted by atomic mass is 10.1. The van der Waals surface area contributed by atoms with Crippen LogP contribution in [0.5, 0.6) is 0 Å². The van der Waals surface area contributed by atoms with E-state index in [-0.39, 0.29) is 42.0 Å². The second-order valence-corrected chi connectivity index (χ2v) is 17.8. The number of benzene rings is 6. The Hall–Kier alpha value is -9.74. The van der Waals surface area contributed by atoms with E-state index in [0.717, 1.165) is 39.1 Å². The summed E-state index contributed by atoms with van der Waals surface area (Å²) >= 11 is 0. The lowest BCUT2D eigenvalue weighted by Crippen LogP contribution is -2.21. The highest BCUT2D eigenvalue weighted by Crippen LogP contribution is 2.22. The fourth-order valence-corrected chi connectivity index (χ4v) is 7.63. The Bertz CT molecular complexity index is 3190. The van der Waals surface area contributed by atoms with Crippen LogP contribution in [-0.4, -0.2) is 61.9 Å². The van der Waals surface area contributed by atoms with Crippen LogP contribution in [0.3, 0.4) is 0 Å². The monoisotopic (exact) mass is 1020 g/mol. The lowest BCUT2D eigenvalue weighted by molar-refractivity contribution is -0.116. The predicted molar refractivity (Wildman–Crippen MR) is 296 cm³/mol. The maximum Gasteiger partial charge on any atom is 0.256 e. The van der Waals surface area contributed by atoms with Crippen LogP contribution >= 0.6 is 0 Å². The molecule has 2 heterocycles. The van der Waals surface area contributed by atoms with Gasteiger partial charge in [0.1, 0.15) is 11.6 Å². The molecule has 17 nitrogen and oxygen atoms in total. The highest BCUT2D eigenvalue weighted by Gasteiger charge is 2.16. The Morgan fingerprint density at radius 1 is 0.408 bits per heavy atom. The smallest absolute Gasteiger partial charge is 0.256 e. The van der Waals surface area contributed by atoms with Gasteiger partial charge in [0.25, 0.3) is 23.6 Å². The first-order chi connectivity index (χ1) is 36.6. The highest BCUT2D eigenvalue weighted by atomic mass is 16.2. The van der Waals surface area contributed by atoms with Gasteiger partial charge in [0.05, 0.1) is 42.7 Å². The van der Waals surface area contributed by atoms with E-state index in [1.54, 1.807) is 92.4 Å². The van der Waals surface area contributed by atoms with Crippen molar-refractivity contribution in [2.75, 3.05) is 38.4 Å². The zero-order chi connectivity index (χ0) is 54.1. The molecule has 8 rings (SSSR count). The molecule has 8 aromatic rings. The summed E-state index contributed by atoms with van der Waals surface area (Å²) in [5.74, 6) is -0.340. The minimum absolute atomic E-state index is 0.0482. The van der Waals surface area contributed by atoms with E-state index in [0.29, 0.717) is 81.6 Å². The van der Waals surface area contributed by atoms with Gasteiger partial charge in [-0.15, -0.1) is 0 Å². The van der Waals surface area contributed by atoms with E-state index in [2.05, 4.69) is 51.8 Å². The van der Waals surface area contributed by atoms with Crippen molar-refractivity contribution in [2.24, 2.45) is 5.73 Å². The number of nitrogens with one attached hydrogen (secondary N) is 6. The SMILES string of the molecule is CCC(=O)Nc1cccc(Cc2ncc(NC(=O)c3cc(NC(=O)c4cccc(C)c4)ccc3C)cn2)c1.Cc1cccc(C(=O)Nc2ccc(C)c(C(=O)Nc3cnc(Cc4cccc(NC(=O)CN)c4)nc3)c2)c1. The van der Waals surface area contributed by atoms with E-state index < -0.39 is 0 Å². The standard InChI is InChI=1S/C30H29N5O3.C29H28N6O3/c1-4-28(36)33-23-10-6-8-21(14-23)15-27-31-17-25(18-32-27)35-30(38)26-16-24(12-11-20(26)3)34-29(37)22-9-5-7-19(2)13-22;1-18-5-3-7-21(11-18)28(37)34-23-10-9-19(2)25(14-23)29(38)35-24-16-31-26(32-17-24)13-20-6-4-8-22(12-20)33-27(36)15-30/h5-14,16-18H,4,15H2,1-3H3,(H,33,36)(H,34,37)(H,35,38);3-12,14,16-17H,13,15,30H2,1-2H3,(H,33,36)(H,34,37)(H,35,38). The Balaban J connectivity index is 0.000000221. The highest BCUT2D eigenvalue weighted by molar-refractivity contribution is 6.09. The molecule has 0 spiro atoms. The maximum atomic E-state index is 13.0. The van der Waals surface area contributed by atoms with Gasteiger partial charge >= 0.3 is 0 Å². The molecule has 6 amide bonds. The van der Waals surface area contributed by atoms with Crippen LogP contribution in [0.2, 0.25) is 0 Å². The first-order valence-electron chi connectivity index (χ1n) is 24.3. The number of rotatable bonds is 16. The third kappa shape index (κ3) is 15.6. The molecule has 0 radical (unpaired) electrons. The molecule has 0 saturated heterocycles. The van der Waals surface area contributed by atoms with Crippen molar-refractivity contribution in [3.05, 3.63) is 226 Å². The zero-order valence-corrected chi connectivity index (χ0v) is 42.7. The normalized spacial score (nSPS) is 10.5. The van der Waals surface area contributed by atoms with Crippen molar-refractivity contribution in [3.63, 3.8) is 0 Å². The number of hydrogen-bond acceptors (Lipinski definition) is 11. The first-order valence-corrected chi connectivity index (χ1v) is 24.3. The van der Waals surface area contributed by atoms with Gasteiger partial charge in [-0.3, -0.25) is 28.8 Å². The van der Waals surface area contributed by atoms with E-state index in [1.807, 2.05) is 100 Å². The summed E-state index contributed by atoms with van der Waals surface area (Å²) in [7, 11) is 0. The van der Waals surface area contributed by atoms with Crippen molar-refractivity contribution < 1.29 is 28.8 Å². The van der Waals surface area contributed by atoms with Gasteiger partial charge in [0.2, 0.25) is 11.8 Å². The topological polar surface area (TPSA) is 252 Å². The third-order valence-corrected chi connectivity index (χ3v) is 11.6. The maximum absolute atomic E-state index is 13.0. The summed E-state index contributed by atoms with van der Waals surface area (Å²) in [6, 6.07) is 39.9. The second-order valence-electron chi connectivity index (χ2n) is 17.8. The number of amides is 6. The van der Waals surface area contributed by atoms with E-state index in [1.165, 1.54) is 0 Å². The average molecular weight is 1020 g/mol. The summed E-state index contributed by atoms with van der Waals surface area (Å²) in [6.07, 6.45) is 7.53. The molecule has 8 N–H and O–H groups in total. The predicted octanol–water partition coefficient (Wildman–Crippen LogP) is 9.62. The third-order valence-electron chi connectivity index (χ3n) is 11.6. The first kappa shape index (κ1) is 54.0. The summed E-state index contributed by atoms with van der Waals surface area (Å²) in [4.78, 5) is 91.9. The fourth-order valence-electron chi connectivity index (χ4n) is 7.63. The molecule has 76 heavy (non-hydrogen) atoms. The van der Waals surface area contributed by atoms with E-state index >= 15 is 0 Å². The molecule has 384 valence electrons. The number of carbonyl (C=O) groups excluding carboxylic acids is 6. The van der Waals surface area contributed by atoms with Crippen molar-refractivity contribution in [3.8, 4) is 0 Å². The average Bonchev–Trinajstić information content (AvgIpc) is 3.41. The lowest BCUT2D eigenvalue weighted by Gasteiger charge is -2.11. The van der Waals surface area contributed by atoms with Crippen LogP contribution in [0.4, 0.5) is 34.1 Å². The minimum Gasteiger partial charge on any atom is -0.326 e. The number of anilines is 6. The van der Waals surface area contributed by atoms with Crippen LogP contribution in [0.1, 0.15) is 99.8 Å².